The highest BCUT2D eigenvalue weighted by atomic mass is 32.1. The summed E-state index contributed by atoms with van der Waals surface area (Å²) in [6.07, 6.45) is 6.74. The summed E-state index contributed by atoms with van der Waals surface area (Å²) >= 11 is 1.34. The van der Waals surface area contributed by atoms with Crippen LogP contribution in [0.5, 0.6) is 0 Å². The van der Waals surface area contributed by atoms with Gasteiger partial charge in [0.25, 0.3) is 11.8 Å². The molecule has 4 rings (SSSR count). The molecule has 26 heavy (non-hydrogen) atoms. The molecular formula is C18H15N5O2S. The van der Waals surface area contributed by atoms with Crippen LogP contribution in [0.2, 0.25) is 0 Å². The van der Waals surface area contributed by atoms with Gasteiger partial charge in [0, 0.05) is 24.0 Å². The van der Waals surface area contributed by atoms with E-state index < -0.39 is 0 Å². The number of rotatable bonds is 5. The molecule has 0 unspecified atom stereocenters. The van der Waals surface area contributed by atoms with Crippen LogP contribution in [-0.4, -0.2) is 32.8 Å². The van der Waals surface area contributed by atoms with Crippen molar-refractivity contribution < 1.29 is 9.59 Å². The number of amides is 2. The van der Waals surface area contributed by atoms with Crippen LogP contribution in [0.4, 0.5) is 5.00 Å². The third-order valence-electron chi connectivity index (χ3n) is 3.79. The summed E-state index contributed by atoms with van der Waals surface area (Å²) < 4.78 is 0. The molecule has 0 atom stereocenters. The molecule has 0 radical (unpaired) electrons. The van der Waals surface area contributed by atoms with E-state index in [2.05, 4.69) is 25.6 Å². The third-order valence-corrected chi connectivity index (χ3v) is 4.73. The fourth-order valence-corrected chi connectivity index (χ4v) is 3.09. The van der Waals surface area contributed by atoms with Crippen LogP contribution in [0.15, 0.2) is 48.9 Å². The van der Waals surface area contributed by atoms with Crippen molar-refractivity contribution in [3.8, 4) is 10.7 Å². The van der Waals surface area contributed by atoms with Crippen molar-refractivity contribution in [1.82, 2.24) is 20.3 Å². The molecule has 0 saturated heterocycles. The van der Waals surface area contributed by atoms with E-state index in [9.17, 15) is 9.59 Å². The van der Waals surface area contributed by atoms with Crippen molar-refractivity contribution in [2.45, 2.75) is 18.9 Å². The second-order valence-electron chi connectivity index (χ2n) is 5.88. The van der Waals surface area contributed by atoms with E-state index in [0.29, 0.717) is 10.6 Å². The van der Waals surface area contributed by atoms with Crippen LogP contribution in [0.25, 0.3) is 10.7 Å². The molecule has 0 aromatic carbocycles. The van der Waals surface area contributed by atoms with Gasteiger partial charge in [-0.05, 0) is 37.1 Å². The van der Waals surface area contributed by atoms with E-state index in [1.54, 1.807) is 18.5 Å². The average molecular weight is 365 g/mol. The second kappa shape index (κ2) is 7.01. The molecule has 0 bridgehead atoms. The van der Waals surface area contributed by atoms with E-state index >= 15 is 0 Å². The Hall–Kier alpha value is -3.13. The minimum Gasteiger partial charge on any atom is -0.348 e. The van der Waals surface area contributed by atoms with Gasteiger partial charge in [-0.15, -0.1) is 0 Å². The lowest BCUT2D eigenvalue weighted by molar-refractivity contribution is 0.0946. The minimum atomic E-state index is -0.316. The van der Waals surface area contributed by atoms with Crippen LogP contribution >= 0.6 is 11.3 Å². The van der Waals surface area contributed by atoms with Crippen molar-refractivity contribution in [2.24, 2.45) is 0 Å². The third kappa shape index (κ3) is 3.75. The van der Waals surface area contributed by atoms with E-state index in [4.69, 9.17) is 0 Å². The highest BCUT2D eigenvalue weighted by Gasteiger charge is 2.24. The van der Waals surface area contributed by atoms with Crippen LogP contribution < -0.4 is 10.6 Å². The van der Waals surface area contributed by atoms with Gasteiger partial charge in [-0.3, -0.25) is 19.6 Å². The molecule has 1 saturated carbocycles. The lowest BCUT2D eigenvalue weighted by atomic mass is 10.2. The summed E-state index contributed by atoms with van der Waals surface area (Å²) in [5.74, 6) is -0.568. The Morgan fingerprint density at radius 2 is 1.92 bits per heavy atom. The molecular weight excluding hydrogens is 350 g/mol. The molecule has 0 spiro atoms. The first-order valence-corrected chi connectivity index (χ1v) is 8.96. The van der Waals surface area contributed by atoms with Crippen LogP contribution in [0, 0.1) is 0 Å². The SMILES string of the molecule is O=C(Nc1cnc(-c2ccccn2)s1)c1ccnc(C(=O)NC2CC2)c1. The molecule has 1 aliphatic carbocycles. The number of hydrogen-bond donors (Lipinski definition) is 2. The Morgan fingerprint density at radius 3 is 2.69 bits per heavy atom. The van der Waals surface area contributed by atoms with Crippen molar-refractivity contribution in [3.63, 3.8) is 0 Å². The standard InChI is InChI=1S/C18H15N5O2S/c24-16(11-6-8-20-14(9-11)17(25)22-12-4-5-12)23-15-10-21-18(26-15)13-3-1-2-7-19-13/h1-3,6-10,12H,4-5H2,(H,22,25)(H,23,24). The summed E-state index contributed by atoms with van der Waals surface area (Å²) in [5, 5.41) is 6.99. The highest BCUT2D eigenvalue weighted by molar-refractivity contribution is 7.19. The van der Waals surface area contributed by atoms with Crippen molar-refractivity contribution in [1.29, 1.82) is 0 Å². The zero-order valence-corrected chi connectivity index (χ0v) is 14.5. The molecule has 2 amide bonds. The summed E-state index contributed by atoms with van der Waals surface area (Å²) in [6, 6.07) is 8.88. The first kappa shape index (κ1) is 16.3. The lowest BCUT2D eigenvalue weighted by Crippen LogP contribution is -2.26. The van der Waals surface area contributed by atoms with Gasteiger partial charge in [-0.1, -0.05) is 17.4 Å². The van der Waals surface area contributed by atoms with Gasteiger partial charge < -0.3 is 10.6 Å². The van der Waals surface area contributed by atoms with Crippen molar-refractivity contribution >= 4 is 28.2 Å². The van der Waals surface area contributed by atoms with Gasteiger partial charge in [0.1, 0.15) is 15.7 Å². The highest BCUT2D eigenvalue weighted by Crippen LogP contribution is 2.27. The molecule has 3 aromatic rings. The van der Waals surface area contributed by atoms with E-state index in [1.807, 2.05) is 18.2 Å². The molecule has 2 N–H and O–H groups in total. The van der Waals surface area contributed by atoms with E-state index in [1.165, 1.54) is 23.6 Å². The Labute approximate surface area is 153 Å². The normalized spacial score (nSPS) is 13.2. The minimum absolute atomic E-state index is 0.239. The topological polar surface area (TPSA) is 96.9 Å². The molecule has 1 fully saturated rings. The fraction of sp³-hybridized carbons (Fsp3) is 0.167. The summed E-state index contributed by atoms with van der Waals surface area (Å²) in [4.78, 5) is 37.1. The van der Waals surface area contributed by atoms with E-state index in [0.717, 1.165) is 23.5 Å². The molecule has 0 aliphatic heterocycles. The number of thiazole rings is 1. The molecule has 8 heteroatoms. The van der Waals surface area contributed by atoms with Crippen molar-refractivity contribution in [3.05, 3.63) is 60.2 Å². The first-order valence-electron chi connectivity index (χ1n) is 8.14. The van der Waals surface area contributed by atoms with Crippen LogP contribution in [0.3, 0.4) is 0 Å². The number of carbonyl (C=O) groups is 2. The van der Waals surface area contributed by atoms with E-state index in [-0.39, 0.29) is 23.6 Å². The maximum atomic E-state index is 12.5. The maximum Gasteiger partial charge on any atom is 0.270 e. The molecule has 1 aliphatic rings. The molecule has 7 nitrogen and oxygen atoms in total. The maximum absolute atomic E-state index is 12.5. The second-order valence-corrected chi connectivity index (χ2v) is 6.91. The Bertz CT molecular complexity index is 953. The summed E-state index contributed by atoms with van der Waals surface area (Å²) in [5.41, 5.74) is 1.36. The number of anilines is 1. The van der Waals surface area contributed by atoms with Crippen LogP contribution in [0.1, 0.15) is 33.7 Å². The average Bonchev–Trinajstić information content (AvgIpc) is 3.37. The molecule has 130 valence electrons. The zero-order valence-electron chi connectivity index (χ0n) is 13.7. The molecule has 3 aromatic heterocycles. The zero-order chi connectivity index (χ0) is 17.9. The fourth-order valence-electron chi connectivity index (χ4n) is 2.31. The number of carbonyl (C=O) groups excluding carboxylic acids is 2. The summed E-state index contributed by atoms with van der Waals surface area (Å²) in [6.45, 7) is 0. The lowest BCUT2D eigenvalue weighted by Gasteiger charge is -2.05. The number of pyridine rings is 2. The first-order chi connectivity index (χ1) is 12.7. The van der Waals surface area contributed by atoms with Crippen molar-refractivity contribution in [2.75, 3.05) is 5.32 Å². The van der Waals surface area contributed by atoms with Gasteiger partial charge in [0.15, 0.2) is 0 Å². The Balaban J connectivity index is 1.46. The predicted octanol–water partition coefficient (Wildman–Crippen LogP) is 2.74. The van der Waals surface area contributed by atoms with Crippen LogP contribution in [-0.2, 0) is 0 Å². The van der Waals surface area contributed by atoms with Gasteiger partial charge in [-0.2, -0.15) is 0 Å². The number of nitrogens with one attached hydrogen (secondary N) is 2. The Morgan fingerprint density at radius 1 is 1.04 bits per heavy atom. The quantitative estimate of drug-likeness (QED) is 0.725. The van der Waals surface area contributed by atoms with Gasteiger partial charge in [-0.25, -0.2) is 4.98 Å². The largest absolute Gasteiger partial charge is 0.348 e. The number of nitrogens with zero attached hydrogens (tertiary/aromatic N) is 3. The predicted molar refractivity (Wildman–Crippen MR) is 98.0 cm³/mol. The monoisotopic (exact) mass is 365 g/mol. The summed E-state index contributed by atoms with van der Waals surface area (Å²) in [7, 11) is 0. The van der Waals surface area contributed by atoms with Gasteiger partial charge in [0.2, 0.25) is 0 Å². The number of hydrogen-bond acceptors (Lipinski definition) is 6. The smallest absolute Gasteiger partial charge is 0.270 e. The Kier molecular flexibility index (Phi) is 4.40. The van der Waals surface area contributed by atoms with Gasteiger partial charge >= 0.3 is 0 Å². The number of aromatic nitrogens is 3. The van der Waals surface area contributed by atoms with Gasteiger partial charge in [0.05, 0.1) is 11.9 Å². The molecule has 3 heterocycles.